The molecule has 0 radical (unpaired) electrons. The Morgan fingerprint density at radius 1 is 0.403 bits per heavy atom. The van der Waals surface area contributed by atoms with E-state index in [1.165, 1.54) is 212 Å². The Morgan fingerprint density at radius 2 is 0.761 bits per heavy atom. The van der Waals surface area contributed by atoms with Gasteiger partial charge in [0.05, 0.1) is 23.9 Å². The molecule has 0 aliphatic heterocycles. The van der Waals surface area contributed by atoms with E-state index in [1.807, 2.05) is 18.2 Å². The fourth-order valence-corrected chi connectivity index (χ4v) is 10.6. The van der Waals surface area contributed by atoms with E-state index >= 15 is 0 Å². The van der Waals surface area contributed by atoms with E-state index in [9.17, 15) is 8.42 Å². The molecule has 2 rings (SSSR count). The van der Waals surface area contributed by atoms with Crippen molar-refractivity contribution in [1.82, 2.24) is 0 Å². The highest BCUT2D eigenvalue weighted by Crippen LogP contribution is 2.28. The molecule has 0 heterocycles. The number of sulfone groups is 1. The molecule has 0 unspecified atom stereocenters. The van der Waals surface area contributed by atoms with Crippen molar-refractivity contribution in [3.63, 3.8) is 0 Å². The Kier molecular flexibility index (Phi) is 40.7. The Balaban J connectivity index is 1.77. The molecule has 2 aromatic rings. The molecular formula is C61H106O5S. The molecule has 1 N–H and O–H groups in total. The lowest BCUT2D eigenvalue weighted by atomic mass is 10.0. The highest BCUT2D eigenvalue weighted by atomic mass is 32.2. The van der Waals surface area contributed by atoms with Crippen LogP contribution in [0.2, 0.25) is 0 Å². The van der Waals surface area contributed by atoms with E-state index in [0.717, 1.165) is 74.2 Å². The first-order valence-corrected chi connectivity index (χ1v) is 30.7. The van der Waals surface area contributed by atoms with Gasteiger partial charge in [-0.3, -0.25) is 0 Å². The van der Waals surface area contributed by atoms with Gasteiger partial charge in [0.25, 0.3) is 0 Å². The minimum atomic E-state index is -3.30. The summed E-state index contributed by atoms with van der Waals surface area (Å²) in [6.07, 6.45) is 57.1. The molecule has 0 aromatic heterocycles. The molecule has 0 saturated heterocycles. The molecule has 2 aromatic carbocycles. The number of rotatable bonds is 50. The van der Waals surface area contributed by atoms with Crippen LogP contribution in [0.3, 0.4) is 0 Å². The molecule has 386 valence electrons. The molecule has 0 aliphatic carbocycles. The van der Waals surface area contributed by atoms with E-state index < -0.39 is 9.84 Å². The van der Waals surface area contributed by atoms with Gasteiger partial charge in [0.2, 0.25) is 0 Å². The second-order valence-corrected chi connectivity index (χ2v) is 22.2. The number of aliphatic hydroxyl groups is 1. The summed E-state index contributed by atoms with van der Waals surface area (Å²) in [5.41, 5.74) is 1.97. The first-order valence-electron chi connectivity index (χ1n) is 29.0. The van der Waals surface area contributed by atoms with Gasteiger partial charge in [-0.05, 0) is 55.5 Å². The van der Waals surface area contributed by atoms with Crippen molar-refractivity contribution in [3.05, 3.63) is 53.6 Å². The third-order valence-electron chi connectivity index (χ3n) is 13.8. The molecule has 0 spiro atoms. The number of ether oxygens (including phenoxy) is 2. The molecule has 0 aliphatic rings. The topological polar surface area (TPSA) is 72.8 Å². The van der Waals surface area contributed by atoms with Crippen LogP contribution in [0, 0.1) is 0 Å². The molecular weight excluding hydrogens is 845 g/mol. The summed E-state index contributed by atoms with van der Waals surface area (Å²) in [6, 6.07) is 13.5. The van der Waals surface area contributed by atoms with Gasteiger partial charge < -0.3 is 14.6 Å². The van der Waals surface area contributed by atoms with Gasteiger partial charge in [0.1, 0.15) is 11.5 Å². The van der Waals surface area contributed by atoms with Gasteiger partial charge in [0, 0.05) is 18.2 Å². The minimum Gasteiger partial charge on any atom is -0.493 e. The van der Waals surface area contributed by atoms with Crippen LogP contribution in [0.15, 0.2) is 47.4 Å². The summed E-state index contributed by atoms with van der Waals surface area (Å²) in [5.74, 6) is 1.92. The van der Waals surface area contributed by atoms with Crippen molar-refractivity contribution in [2.24, 2.45) is 0 Å². The number of aliphatic hydroxyl groups excluding tert-OH is 1. The van der Waals surface area contributed by atoms with Gasteiger partial charge in [-0.15, -0.1) is 0 Å². The van der Waals surface area contributed by atoms with Crippen LogP contribution in [-0.2, 0) is 9.84 Å². The average Bonchev–Trinajstić information content (AvgIpc) is 3.33. The summed E-state index contributed by atoms with van der Waals surface area (Å²) in [5, 5.41) is 8.92. The lowest BCUT2D eigenvalue weighted by Crippen LogP contribution is -2.06. The minimum absolute atomic E-state index is 0.201. The van der Waals surface area contributed by atoms with E-state index in [2.05, 4.69) is 38.1 Å². The van der Waals surface area contributed by atoms with Crippen molar-refractivity contribution in [1.29, 1.82) is 0 Å². The van der Waals surface area contributed by atoms with Crippen LogP contribution in [0.1, 0.15) is 288 Å². The van der Waals surface area contributed by atoms with Gasteiger partial charge >= 0.3 is 0 Å². The zero-order valence-corrected chi connectivity index (χ0v) is 44.8. The molecule has 0 amide bonds. The third-order valence-corrected chi connectivity index (χ3v) is 15.6. The van der Waals surface area contributed by atoms with Gasteiger partial charge in [-0.25, -0.2) is 8.42 Å². The molecule has 0 fully saturated rings. The smallest absolute Gasteiger partial charge is 0.178 e. The van der Waals surface area contributed by atoms with Crippen molar-refractivity contribution < 1.29 is 23.0 Å². The summed E-state index contributed by atoms with van der Waals surface area (Å²) < 4.78 is 38.9. The highest BCUT2D eigenvalue weighted by molar-refractivity contribution is 7.91. The largest absolute Gasteiger partial charge is 0.493 e. The Bertz CT molecular complexity index is 1500. The van der Waals surface area contributed by atoms with E-state index in [1.54, 1.807) is 12.1 Å². The van der Waals surface area contributed by atoms with Gasteiger partial charge in [-0.1, -0.05) is 276 Å². The van der Waals surface area contributed by atoms with Crippen LogP contribution in [0.4, 0.5) is 0 Å². The first kappa shape index (κ1) is 60.8. The van der Waals surface area contributed by atoms with Crippen molar-refractivity contribution in [2.75, 3.05) is 25.6 Å². The van der Waals surface area contributed by atoms with Crippen LogP contribution in [0.5, 0.6) is 11.5 Å². The molecule has 6 heteroatoms. The maximum atomic E-state index is 13.1. The lowest BCUT2D eigenvalue weighted by molar-refractivity contribution is 0.282. The van der Waals surface area contributed by atoms with Crippen LogP contribution in [-0.4, -0.2) is 39.1 Å². The number of unbranched alkanes of at least 4 members (excludes halogenated alkanes) is 38. The summed E-state index contributed by atoms with van der Waals surface area (Å²) >= 11 is 0. The SMILES string of the molecule is CCCCCCCCCCCCCCCCCCOc1ccc(C=Cc2ccc(S(=O)(=O)CCCCCCCCCCCO)cc2)c(OCCCCCCCCCCCCCCCCCC)c1. The molecule has 67 heavy (non-hydrogen) atoms. The van der Waals surface area contributed by atoms with E-state index in [0.29, 0.717) is 17.9 Å². The predicted molar refractivity (Wildman–Crippen MR) is 293 cm³/mol. The van der Waals surface area contributed by atoms with Crippen molar-refractivity contribution in [3.8, 4) is 11.5 Å². The maximum Gasteiger partial charge on any atom is 0.178 e. The summed E-state index contributed by atoms with van der Waals surface area (Å²) in [4.78, 5) is 0.405. The fourth-order valence-electron chi connectivity index (χ4n) is 9.27. The number of benzene rings is 2. The second kappa shape index (κ2) is 44.9. The predicted octanol–water partition coefficient (Wildman–Crippen LogP) is 19.4. The van der Waals surface area contributed by atoms with E-state index in [4.69, 9.17) is 14.6 Å². The number of hydrogen-bond acceptors (Lipinski definition) is 5. The number of hydrogen-bond donors (Lipinski definition) is 1. The quantitative estimate of drug-likeness (QED) is 0.0528. The zero-order valence-electron chi connectivity index (χ0n) is 44.0. The first-order chi connectivity index (χ1) is 33.0. The van der Waals surface area contributed by atoms with Crippen LogP contribution >= 0.6 is 0 Å². The summed E-state index contributed by atoms with van der Waals surface area (Å²) in [6.45, 7) is 6.30. The normalized spacial score (nSPS) is 11.9. The van der Waals surface area contributed by atoms with Crippen LogP contribution < -0.4 is 9.47 Å². The van der Waals surface area contributed by atoms with E-state index in [-0.39, 0.29) is 12.4 Å². The standard InChI is InChI=1S/C61H106O5S/c1-3-5-7-9-11-13-15-17-19-21-23-25-29-33-37-41-53-65-59-49-48-58(61(56-59)66-54-42-38-34-30-26-24-22-20-18-16-14-12-10-8-6-4-2)47-44-57-45-50-60(51-46-57)67(63,64)55-43-39-35-31-27-28-32-36-40-52-62/h44-51,56,62H,3-43,52-55H2,1-2H3. The monoisotopic (exact) mass is 951 g/mol. The van der Waals surface area contributed by atoms with Crippen LogP contribution in [0.25, 0.3) is 12.2 Å². The van der Waals surface area contributed by atoms with Gasteiger partial charge in [0.15, 0.2) is 9.84 Å². The van der Waals surface area contributed by atoms with Gasteiger partial charge in [-0.2, -0.15) is 0 Å². The zero-order chi connectivity index (χ0) is 48.0. The summed E-state index contributed by atoms with van der Waals surface area (Å²) in [7, 11) is -3.30. The fraction of sp³-hybridized carbons (Fsp3) is 0.770. The van der Waals surface area contributed by atoms with Crippen molar-refractivity contribution in [2.45, 2.75) is 282 Å². The Labute approximate surface area is 415 Å². The molecule has 0 saturated carbocycles. The maximum absolute atomic E-state index is 13.1. The third kappa shape index (κ3) is 35.4. The Hall–Kier alpha value is -2.31. The molecule has 0 bridgehead atoms. The molecule has 5 nitrogen and oxygen atoms in total. The second-order valence-electron chi connectivity index (χ2n) is 20.1. The lowest BCUT2D eigenvalue weighted by Gasteiger charge is -2.13. The average molecular weight is 952 g/mol. The Morgan fingerprint density at radius 3 is 1.16 bits per heavy atom. The van der Waals surface area contributed by atoms with Crippen molar-refractivity contribution >= 4 is 22.0 Å². The molecule has 0 atom stereocenters. The highest BCUT2D eigenvalue weighted by Gasteiger charge is 2.14.